The van der Waals surface area contributed by atoms with Crippen LogP contribution in [-0.2, 0) is 0 Å². The van der Waals surface area contributed by atoms with Crippen molar-refractivity contribution in [2.24, 2.45) is 0 Å². The lowest BCUT2D eigenvalue weighted by molar-refractivity contribution is 0.349. The van der Waals surface area contributed by atoms with Crippen molar-refractivity contribution in [3.8, 4) is 5.75 Å². The first-order valence-electron chi connectivity index (χ1n) is 5.12. The van der Waals surface area contributed by atoms with Crippen LogP contribution >= 0.6 is 0 Å². The van der Waals surface area contributed by atoms with Gasteiger partial charge in [0.15, 0.2) is 0 Å². The molecule has 0 saturated carbocycles. The molecule has 0 aromatic heterocycles. The van der Waals surface area contributed by atoms with Gasteiger partial charge in [0.05, 0.1) is 13.7 Å². The minimum atomic E-state index is -0.0651. The monoisotopic (exact) mass is 214 g/mol. The maximum absolute atomic E-state index is 9.21. The highest BCUT2D eigenvalue weighted by Gasteiger charge is 2.10. The Morgan fingerprint density at radius 1 is 1.25 bits per heavy atom. The molecule has 0 aliphatic carbocycles. The largest absolute Gasteiger partial charge is 0.496 e. The van der Waals surface area contributed by atoms with Crippen molar-refractivity contribution in [3.63, 3.8) is 0 Å². The van der Waals surface area contributed by atoms with Gasteiger partial charge in [0.1, 0.15) is 5.75 Å². The van der Waals surface area contributed by atoms with E-state index >= 15 is 0 Å². The van der Waals surface area contributed by atoms with Gasteiger partial charge in [-0.1, -0.05) is 36.9 Å². The summed E-state index contributed by atoms with van der Waals surface area (Å²) in [6, 6.07) is 11.9. The predicted molar refractivity (Wildman–Crippen MR) is 66.6 cm³/mol. The molecule has 82 valence electrons. The fourth-order valence-electron chi connectivity index (χ4n) is 1.87. The zero-order valence-electron chi connectivity index (χ0n) is 9.23. The van der Waals surface area contributed by atoms with E-state index in [0.717, 1.165) is 22.1 Å². The molecule has 0 unspecified atom stereocenters. The van der Waals surface area contributed by atoms with Crippen LogP contribution in [0.4, 0.5) is 0 Å². The molecule has 2 nitrogen and oxygen atoms in total. The lowest BCUT2D eigenvalue weighted by Crippen LogP contribution is -1.95. The molecular weight excluding hydrogens is 200 g/mol. The summed E-state index contributed by atoms with van der Waals surface area (Å²) in [6.07, 6.45) is 0. The van der Waals surface area contributed by atoms with Gasteiger partial charge in [-0.15, -0.1) is 0 Å². The molecule has 1 N–H and O–H groups in total. The number of rotatable bonds is 3. The van der Waals surface area contributed by atoms with Crippen LogP contribution in [0, 0.1) is 0 Å². The van der Waals surface area contributed by atoms with E-state index in [-0.39, 0.29) is 6.61 Å². The summed E-state index contributed by atoms with van der Waals surface area (Å²) in [5, 5.41) is 11.4. The average Bonchev–Trinajstić information content (AvgIpc) is 2.36. The number of hydrogen-bond acceptors (Lipinski definition) is 2. The second-order valence-electron chi connectivity index (χ2n) is 3.63. The highest BCUT2D eigenvalue weighted by Crippen LogP contribution is 2.32. The highest BCUT2D eigenvalue weighted by molar-refractivity contribution is 5.96. The predicted octanol–water partition coefficient (Wildman–Crippen LogP) is 2.85. The minimum absolute atomic E-state index is 0.0651. The Morgan fingerprint density at radius 2 is 2.00 bits per heavy atom. The van der Waals surface area contributed by atoms with Gasteiger partial charge in [0.2, 0.25) is 0 Å². The van der Waals surface area contributed by atoms with E-state index in [1.165, 1.54) is 0 Å². The standard InChI is InChI=1S/C14H14O2/c1-10(9-15)14-12-6-4-3-5-11(12)7-8-13(14)16-2/h3-8,15H,1,9H2,2H3. The molecule has 0 aliphatic rings. The third kappa shape index (κ3) is 1.68. The molecule has 0 aliphatic heterocycles. The number of aliphatic hydroxyl groups excluding tert-OH is 1. The number of fused-ring (bicyclic) bond motifs is 1. The first kappa shape index (κ1) is 10.7. The van der Waals surface area contributed by atoms with Gasteiger partial charge in [-0.2, -0.15) is 0 Å². The molecule has 0 spiro atoms. The fourth-order valence-corrected chi connectivity index (χ4v) is 1.87. The van der Waals surface area contributed by atoms with Crippen molar-refractivity contribution in [3.05, 3.63) is 48.5 Å². The number of hydrogen-bond donors (Lipinski definition) is 1. The zero-order chi connectivity index (χ0) is 11.5. The molecule has 2 aromatic carbocycles. The van der Waals surface area contributed by atoms with Crippen LogP contribution in [-0.4, -0.2) is 18.8 Å². The summed E-state index contributed by atoms with van der Waals surface area (Å²) in [5.41, 5.74) is 1.57. The quantitative estimate of drug-likeness (QED) is 0.851. The Kier molecular flexibility index (Phi) is 2.93. The SMILES string of the molecule is C=C(CO)c1c(OC)ccc2ccccc12. The summed E-state index contributed by atoms with van der Waals surface area (Å²) in [6.45, 7) is 3.81. The van der Waals surface area contributed by atoms with E-state index in [1.807, 2.05) is 36.4 Å². The zero-order valence-corrected chi connectivity index (χ0v) is 9.23. The molecule has 2 aromatic rings. The van der Waals surface area contributed by atoms with Gasteiger partial charge in [-0.05, 0) is 22.4 Å². The topological polar surface area (TPSA) is 29.5 Å². The van der Waals surface area contributed by atoms with E-state index in [2.05, 4.69) is 6.58 Å². The lowest BCUT2D eigenvalue weighted by Gasteiger charge is -2.12. The second kappa shape index (κ2) is 4.37. The summed E-state index contributed by atoms with van der Waals surface area (Å²) in [5.74, 6) is 0.748. The summed E-state index contributed by atoms with van der Waals surface area (Å²) in [4.78, 5) is 0. The highest BCUT2D eigenvalue weighted by atomic mass is 16.5. The van der Waals surface area contributed by atoms with Crippen LogP contribution in [0.1, 0.15) is 5.56 Å². The maximum atomic E-state index is 9.21. The summed E-state index contributed by atoms with van der Waals surface area (Å²) >= 11 is 0. The first-order chi connectivity index (χ1) is 7.77. The van der Waals surface area contributed by atoms with Crippen molar-refractivity contribution < 1.29 is 9.84 Å². The van der Waals surface area contributed by atoms with E-state index in [4.69, 9.17) is 4.74 Å². The number of methoxy groups -OCH3 is 1. The number of aliphatic hydroxyl groups is 1. The van der Waals surface area contributed by atoms with Crippen LogP contribution in [0.5, 0.6) is 5.75 Å². The molecule has 0 radical (unpaired) electrons. The molecular formula is C14H14O2. The smallest absolute Gasteiger partial charge is 0.127 e. The van der Waals surface area contributed by atoms with Crippen molar-refractivity contribution in [1.82, 2.24) is 0 Å². The molecule has 0 fully saturated rings. The molecule has 2 rings (SSSR count). The molecule has 0 bridgehead atoms. The Labute approximate surface area is 94.8 Å². The molecule has 0 amide bonds. The van der Waals surface area contributed by atoms with E-state index < -0.39 is 0 Å². The Hall–Kier alpha value is -1.80. The van der Waals surface area contributed by atoms with Gasteiger partial charge in [-0.25, -0.2) is 0 Å². The number of benzene rings is 2. The Morgan fingerprint density at radius 3 is 2.69 bits per heavy atom. The third-order valence-corrected chi connectivity index (χ3v) is 2.66. The Bertz CT molecular complexity index is 529. The van der Waals surface area contributed by atoms with Crippen molar-refractivity contribution in [2.75, 3.05) is 13.7 Å². The van der Waals surface area contributed by atoms with Crippen molar-refractivity contribution >= 4 is 16.3 Å². The lowest BCUT2D eigenvalue weighted by atomic mass is 9.98. The average molecular weight is 214 g/mol. The van der Waals surface area contributed by atoms with E-state index in [0.29, 0.717) is 5.57 Å². The van der Waals surface area contributed by atoms with Crippen LogP contribution in [0.3, 0.4) is 0 Å². The van der Waals surface area contributed by atoms with Crippen LogP contribution in [0.15, 0.2) is 43.0 Å². The molecule has 2 heteroatoms. The van der Waals surface area contributed by atoms with E-state index in [9.17, 15) is 5.11 Å². The third-order valence-electron chi connectivity index (χ3n) is 2.66. The summed E-state index contributed by atoms with van der Waals surface area (Å²) in [7, 11) is 1.62. The second-order valence-corrected chi connectivity index (χ2v) is 3.63. The first-order valence-corrected chi connectivity index (χ1v) is 5.12. The molecule has 0 saturated heterocycles. The van der Waals surface area contributed by atoms with Gasteiger partial charge in [0.25, 0.3) is 0 Å². The van der Waals surface area contributed by atoms with Crippen molar-refractivity contribution in [2.45, 2.75) is 0 Å². The number of ether oxygens (including phenoxy) is 1. The minimum Gasteiger partial charge on any atom is -0.496 e. The maximum Gasteiger partial charge on any atom is 0.127 e. The Balaban J connectivity index is 2.78. The van der Waals surface area contributed by atoms with Crippen molar-refractivity contribution in [1.29, 1.82) is 0 Å². The van der Waals surface area contributed by atoms with Gasteiger partial charge >= 0.3 is 0 Å². The van der Waals surface area contributed by atoms with Gasteiger partial charge < -0.3 is 9.84 Å². The van der Waals surface area contributed by atoms with Crippen LogP contribution in [0.25, 0.3) is 16.3 Å². The molecule has 0 heterocycles. The van der Waals surface area contributed by atoms with Crippen LogP contribution in [0.2, 0.25) is 0 Å². The summed E-state index contributed by atoms with van der Waals surface area (Å²) < 4.78 is 5.30. The normalized spacial score (nSPS) is 10.4. The fraction of sp³-hybridized carbons (Fsp3) is 0.143. The van der Waals surface area contributed by atoms with Gasteiger partial charge in [0, 0.05) is 5.56 Å². The van der Waals surface area contributed by atoms with E-state index in [1.54, 1.807) is 7.11 Å². The molecule has 0 atom stereocenters. The molecule has 16 heavy (non-hydrogen) atoms. The van der Waals surface area contributed by atoms with Gasteiger partial charge in [-0.3, -0.25) is 0 Å². The van der Waals surface area contributed by atoms with Crippen LogP contribution < -0.4 is 4.74 Å².